The van der Waals surface area contributed by atoms with Crippen LogP contribution in [0.15, 0.2) is 54.6 Å². The summed E-state index contributed by atoms with van der Waals surface area (Å²) in [6, 6.07) is 10.4. The molecular formula is C31H38N4O9. The van der Waals surface area contributed by atoms with Gasteiger partial charge >= 0.3 is 5.97 Å². The Bertz CT molecular complexity index is 1330. The number of amides is 4. The molecule has 44 heavy (non-hydrogen) atoms. The summed E-state index contributed by atoms with van der Waals surface area (Å²) in [4.78, 5) is 76.6. The van der Waals surface area contributed by atoms with Gasteiger partial charge in [0.25, 0.3) is 0 Å². The molecule has 4 amide bonds. The zero-order chi connectivity index (χ0) is 32.4. The number of nitrogens with one attached hydrogen (secondary N) is 3. The summed E-state index contributed by atoms with van der Waals surface area (Å²) in [6.07, 6.45) is -0.784. The number of phenolic OH excluding ortho intramolecular Hbond substituents is 1. The molecule has 1 heterocycles. The normalized spacial score (nSPS) is 18.0. The van der Waals surface area contributed by atoms with E-state index in [0.717, 1.165) is 0 Å². The lowest BCUT2D eigenvalue weighted by molar-refractivity contribution is -0.143. The average molecular weight is 611 g/mol. The second-order valence-electron chi connectivity index (χ2n) is 11.0. The van der Waals surface area contributed by atoms with E-state index in [-0.39, 0.29) is 25.1 Å². The number of ether oxygens (including phenoxy) is 1. The minimum absolute atomic E-state index is 0.0157. The van der Waals surface area contributed by atoms with Crippen LogP contribution in [0.2, 0.25) is 0 Å². The van der Waals surface area contributed by atoms with E-state index < -0.39 is 72.2 Å². The van der Waals surface area contributed by atoms with Crippen LogP contribution in [-0.2, 0) is 35.2 Å². The van der Waals surface area contributed by atoms with Crippen molar-refractivity contribution in [1.82, 2.24) is 20.9 Å². The highest BCUT2D eigenvalue weighted by Gasteiger charge is 2.44. The molecular weight excluding hydrogens is 572 g/mol. The highest BCUT2D eigenvalue weighted by atomic mass is 16.5. The molecule has 0 bridgehead atoms. The van der Waals surface area contributed by atoms with Crippen LogP contribution in [0.3, 0.4) is 0 Å². The first kappa shape index (κ1) is 33.6. The monoisotopic (exact) mass is 610 g/mol. The van der Waals surface area contributed by atoms with Crippen molar-refractivity contribution in [3.63, 3.8) is 0 Å². The molecule has 236 valence electrons. The van der Waals surface area contributed by atoms with E-state index in [9.17, 15) is 33.9 Å². The first-order valence-electron chi connectivity index (χ1n) is 14.2. The fourth-order valence-electron chi connectivity index (χ4n) is 4.94. The molecule has 5 atom stereocenters. The topological polar surface area (TPSA) is 191 Å². The van der Waals surface area contributed by atoms with Gasteiger partial charge in [-0.3, -0.25) is 24.0 Å². The van der Waals surface area contributed by atoms with E-state index in [1.165, 1.54) is 24.0 Å². The Morgan fingerprint density at radius 1 is 1.00 bits per heavy atom. The zero-order valence-corrected chi connectivity index (χ0v) is 24.8. The van der Waals surface area contributed by atoms with Crippen molar-refractivity contribution in [1.29, 1.82) is 0 Å². The molecule has 0 spiro atoms. The summed E-state index contributed by atoms with van der Waals surface area (Å²) in [5.74, 6) is -3.56. The van der Waals surface area contributed by atoms with Gasteiger partial charge in [-0.25, -0.2) is 0 Å². The molecule has 13 heteroatoms. The van der Waals surface area contributed by atoms with Crippen LogP contribution in [0.25, 0.3) is 0 Å². The summed E-state index contributed by atoms with van der Waals surface area (Å²) in [7, 11) is 0. The van der Waals surface area contributed by atoms with Crippen LogP contribution >= 0.6 is 0 Å². The van der Waals surface area contributed by atoms with Crippen molar-refractivity contribution in [2.75, 3.05) is 6.54 Å². The van der Waals surface area contributed by atoms with Crippen LogP contribution < -0.4 is 20.7 Å². The maximum absolute atomic E-state index is 14.0. The number of carboxylic acid groups (broad SMARTS) is 1. The number of phenols is 1. The van der Waals surface area contributed by atoms with Crippen molar-refractivity contribution in [3.05, 3.63) is 60.2 Å². The highest BCUT2D eigenvalue weighted by molar-refractivity contribution is 5.95. The number of hydrogen-bond acceptors (Lipinski definition) is 8. The average Bonchev–Trinajstić information content (AvgIpc) is 3.39. The molecule has 13 nitrogen and oxygen atoms in total. The van der Waals surface area contributed by atoms with Crippen LogP contribution in [0.1, 0.15) is 39.2 Å². The lowest BCUT2D eigenvalue weighted by Gasteiger charge is -2.31. The minimum atomic E-state index is -1.30. The molecule has 1 saturated heterocycles. The molecule has 2 aromatic carbocycles. The van der Waals surface area contributed by atoms with Gasteiger partial charge in [0.1, 0.15) is 42.0 Å². The molecule has 0 saturated carbocycles. The lowest BCUT2D eigenvalue weighted by Crippen LogP contribution is -2.59. The Hall–Kier alpha value is -4.94. The largest absolute Gasteiger partial charge is 0.508 e. The molecule has 0 radical (unpaired) electrons. The van der Waals surface area contributed by atoms with E-state index in [1.807, 2.05) is 0 Å². The van der Waals surface area contributed by atoms with Crippen molar-refractivity contribution >= 4 is 35.9 Å². The molecule has 3 rings (SSSR count). The van der Waals surface area contributed by atoms with E-state index in [2.05, 4.69) is 16.0 Å². The number of likely N-dealkylation sites (tertiary alicyclic amines) is 1. The Balaban J connectivity index is 1.84. The van der Waals surface area contributed by atoms with Gasteiger partial charge in [0.2, 0.25) is 23.6 Å². The molecule has 0 aliphatic carbocycles. The fraction of sp³-hybridized carbons (Fsp3) is 0.419. The number of hydrogen-bond donors (Lipinski definition) is 5. The number of nitrogens with zero attached hydrogens (tertiary/aromatic N) is 1. The van der Waals surface area contributed by atoms with Crippen molar-refractivity contribution in [3.8, 4) is 11.5 Å². The van der Waals surface area contributed by atoms with E-state index in [0.29, 0.717) is 17.6 Å². The van der Waals surface area contributed by atoms with Gasteiger partial charge in [-0.2, -0.15) is 0 Å². The second kappa shape index (κ2) is 15.5. The first-order valence-corrected chi connectivity index (χ1v) is 14.2. The molecule has 1 aliphatic rings. The third kappa shape index (κ3) is 9.54. The predicted molar refractivity (Wildman–Crippen MR) is 157 cm³/mol. The lowest BCUT2D eigenvalue weighted by atomic mass is 10.00. The van der Waals surface area contributed by atoms with Gasteiger partial charge in [-0.15, -0.1) is 0 Å². The number of aldehydes is 1. The summed E-state index contributed by atoms with van der Waals surface area (Å²) in [5, 5.41) is 26.4. The van der Waals surface area contributed by atoms with Gasteiger partial charge in [-0.1, -0.05) is 44.2 Å². The molecule has 2 aromatic rings. The van der Waals surface area contributed by atoms with E-state index >= 15 is 0 Å². The third-order valence-corrected chi connectivity index (χ3v) is 7.08. The number of benzene rings is 2. The zero-order valence-electron chi connectivity index (χ0n) is 24.8. The first-order chi connectivity index (χ1) is 20.9. The standard InChI is InChI=1S/C31H38N4O9/c1-18(2)28(34-29(41)25(32-19(3)37)13-20-9-11-22(38)12-10-20)31(43)35-16-24(44-23-7-5-4-6-8-23)15-26(35)30(42)33-21(17-36)14-27(39)40/h4-12,17-18,21,24-26,28,38H,13-16H2,1-3H3,(H,32,37)(H,33,42)(H,34,41)(H,39,40)/t21-,24?,25-,26-,28-/m0/s1. The highest BCUT2D eigenvalue weighted by Crippen LogP contribution is 2.25. The Morgan fingerprint density at radius 3 is 2.23 bits per heavy atom. The number of carbonyl (C=O) groups excluding carboxylic acids is 5. The van der Waals surface area contributed by atoms with Crippen LogP contribution in [0, 0.1) is 5.92 Å². The van der Waals surface area contributed by atoms with Crippen LogP contribution in [0.5, 0.6) is 11.5 Å². The number of aliphatic carboxylic acids is 1. The van der Waals surface area contributed by atoms with Gasteiger partial charge in [0.05, 0.1) is 19.0 Å². The van der Waals surface area contributed by atoms with E-state index in [1.54, 1.807) is 56.3 Å². The van der Waals surface area contributed by atoms with Crippen molar-refractivity contribution in [2.24, 2.45) is 5.92 Å². The summed E-state index contributed by atoms with van der Waals surface area (Å²) >= 11 is 0. The Labute approximate surface area is 254 Å². The second-order valence-corrected chi connectivity index (χ2v) is 11.0. The maximum Gasteiger partial charge on any atom is 0.305 e. The molecule has 5 N–H and O–H groups in total. The van der Waals surface area contributed by atoms with Crippen LogP contribution in [-0.4, -0.2) is 87.8 Å². The third-order valence-electron chi connectivity index (χ3n) is 7.08. The van der Waals surface area contributed by atoms with Gasteiger partial charge in [0.15, 0.2) is 0 Å². The molecule has 1 fully saturated rings. The Morgan fingerprint density at radius 2 is 1.66 bits per heavy atom. The smallest absolute Gasteiger partial charge is 0.305 e. The number of rotatable bonds is 14. The van der Waals surface area contributed by atoms with Gasteiger partial charge in [0, 0.05) is 19.8 Å². The fourth-order valence-corrected chi connectivity index (χ4v) is 4.94. The predicted octanol–water partition coefficient (Wildman–Crippen LogP) is 0.787. The summed E-state index contributed by atoms with van der Waals surface area (Å²) in [6.45, 7) is 4.68. The van der Waals surface area contributed by atoms with Crippen LogP contribution in [0.4, 0.5) is 0 Å². The van der Waals surface area contributed by atoms with Gasteiger partial charge in [-0.05, 0) is 35.7 Å². The van der Waals surface area contributed by atoms with Crippen molar-refractivity contribution < 1.29 is 43.7 Å². The maximum atomic E-state index is 14.0. The number of carboxylic acids is 1. The number of para-hydroxylation sites is 1. The summed E-state index contributed by atoms with van der Waals surface area (Å²) < 4.78 is 6.02. The van der Waals surface area contributed by atoms with Crippen molar-refractivity contribution in [2.45, 2.75) is 70.3 Å². The number of carbonyl (C=O) groups is 6. The summed E-state index contributed by atoms with van der Waals surface area (Å²) in [5.41, 5.74) is 0.660. The van der Waals surface area contributed by atoms with Gasteiger partial charge < -0.3 is 40.6 Å². The van der Waals surface area contributed by atoms with E-state index in [4.69, 9.17) is 9.84 Å². The Kier molecular flexibility index (Phi) is 11.8. The molecule has 1 aliphatic heterocycles. The SMILES string of the molecule is CC(=O)N[C@@H](Cc1ccc(O)cc1)C(=O)N[C@H](C(=O)N1CC(Oc2ccccc2)C[C@H]1C(=O)N[C@H](C=O)CC(=O)O)C(C)C. The quantitative estimate of drug-likeness (QED) is 0.192. The number of aromatic hydroxyl groups is 1. The molecule has 1 unspecified atom stereocenters. The minimum Gasteiger partial charge on any atom is -0.508 e. The molecule has 0 aromatic heterocycles.